The largest absolute Gasteiger partial charge is 0.492 e. The maximum absolute atomic E-state index is 13.6. The standard InChI is InChI=1S/C26H27FN2O/c1-16(2)25(18(4)28)19-5-8-21(9-6-19)29-17(3)13-23-22-10-7-20(27)14-24(22)30-15-26(23)11-12-26/h5-10,13-14,29H,1,3,11-12,15,28H2,2,4H3/b23-13+,25-18+. The molecule has 1 saturated carbocycles. The number of anilines is 1. The van der Waals surface area contributed by atoms with Crippen molar-refractivity contribution in [2.45, 2.75) is 26.7 Å². The number of rotatable bonds is 5. The number of hydrogen-bond acceptors (Lipinski definition) is 3. The van der Waals surface area contributed by atoms with Crippen molar-refractivity contribution in [3.8, 4) is 5.75 Å². The van der Waals surface area contributed by atoms with E-state index < -0.39 is 0 Å². The highest BCUT2D eigenvalue weighted by molar-refractivity contribution is 5.82. The van der Waals surface area contributed by atoms with Crippen molar-refractivity contribution < 1.29 is 9.13 Å². The summed E-state index contributed by atoms with van der Waals surface area (Å²) in [5.41, 5.74) is 13.6. The third-order valence-electron chi connectivity index (χ3n) is 5.78. The second kappa shape index (κ2) is 7.52. The van der Waals surface area contributed by atoms with E-state index in [2.05, 4.69) is 24.6 Å². The lowest BCUT2D eigenvalue weighted by atomic mass is 9.86. The zero-order valence-corrected chi connectivity index (χ0v) is 17.5. The molecule has 0 aromatic heterocycles. The first-order valence-corrected chi connectivity index (χ1v) is 10.1. The third-order valence-corrected chi connectivity index (χ3v) is 5.78. The Morgan fingerprint density at radius 1 is 1.13 bits per heavy atom. The fourth-order valence-corrected chi connectivity index (χ4v) is 4.14. The Bertz CT molecular complexity index is 1080. The van der Waals surface area contributed by atoms with E-state index in [1.165, 1.54) is 17.7 Å². The fraction of sp³-hybridized carbons (Fsp3) is 0.231. The van der Waals surface area contributed by atoms with Gasteiger partial charge in [0.15, 0.2) is 0 Å². The molecule has 4 rings (SSSR count). The molecule has 154 valence electrons. The van der Waals surface area contributed by atoms with Crippen molar-refractivity contribution >= 4 is 16.8 Å². The van der Waals surface area contributed by atoms with Crippen LogP contribution in [0.15, 0.2) is 78.7 Å². The maximum atomic E-state index is 13.6. The molecule has 0 unspecified atom stereocenters. The molecular formula is C26H27FN2O. The Morgan fingerprint density at radius 3 is 2.43 bits per heavy atom. The molecule has 1 heterocycles. The Morgan fingerprint density at radius 2 is 1.83 bits per heavy atom. The smallest absolute Gasteiger partial charge is 0.129 e. The minimum atomic E-state index is -0.284. The van der Waals surface area contributed by atoms with Crippen molar-refractivity contribution in [3.63, 3.8) is 0 Å². The van der Waals surface area contributed by atoms with Gasteiger partial charge in [0.2, 0.25) is 0 Å². The number of ether oxygens (including phenoxy) is 1. The predicted octanol–water partition coefficient (Wildman–Crippen LogP) is 6.27. The molecule has 3 N–H and O–H groups in total. The fourth-order valence-electron chi connectivity index (χ4n) is 4.14. The number of fused-ring (bicyclic) bond motifs is 1. The van der Waals surface area contributed by atoms with E-state index in [-0.39, 0.29) is 11.2 Å². The summed E-state index contributed by atoms with van der Waals surface area (Å²) < 4.78 is 19.5. The molecule has 30 heavy (non-hydrogen) atoms. The monoisotopic (exact) mass is 402 g/mol. The molecule has 2 aromatic carbocycles. The predicted molar refractivity (Wildman–Crippen MR) is 122 cm³/mol. The first-order chi connectivity index (χ1) is 14.3. The van der Waals surface area contributed by atoms with Crippen LogP contribution in [0.25, 0.3) is 11.1 Å². The van der Waals surface area contributed by atoms with E-state index in [9.17, 15) is 4.39 Å². The molecule has 1 aliphatic heterocycles. The van der Waals surface area contributed by atoms with Crippen molar-refractivity contribution in [1.82, 2.24) is 0 Å². The molecule has 0 atom stereocenters. The van der Waals surface area contributed by atoms with Gasteiger partial charge in [-0.2, -0.15) is 0 Å². The summed E-state index contributed by atoms with van der Waals surface area (Å²) in [5.74, 6) is 0.319. The third kappa shape index (κ3) is 3.78. The van der Waals surface area contributed by atoms with E-state index in [4.69, 9.17) is 10.5 Å². The van der Waals surface area contributed by atoms with Gasteiger partial charge in [-0.1, -0.05) is 25.3 Å². The summed E-state index contributed by atoms with van der Waals surface area (Å²) in [6, 6.07) is 12.8. The minimum Gasteiger partial charge on any atom is -0.492 e. The van der Waals surface area contributed by atoms with Gasteiger partial charge in [0, 0.05) is 39.7 Å². The molecule has 1 spiro atoms. The number of allylic oxidation sites excluding steroid dienone is 4. The van der Waals surface area contributed by atoms with E-state index >= 15 is 0 Å². The van der Waals surface area contributed by atoms with Crippen LogP contribution in [0.3, 0.4) is 0 Å². The highest BCUT2D eigenvalue weighted by Crippen LogP contribution is 2.59. The highest BCUT2D eigenvalue weighted by atomic mass is 19.1. The zero-order chi connectivity index (χ0) is 21.5. The SMILES string of the molecule is C=C(/C=C1\c2ccc(F)cc2OCC12CC2)Nc1ccc(/C(C(=C)C)=C(\C)N)cc1. The van der Waals surface area contributed by atoms with Crippen LogP contribution in [0, 0.1) is 11.2 Å². The topological polar surface area (TPSA) is 47.3 Å². The lowest BCUT2D eigenvalue weighted by molar-refractivity contribution is 0.255. The van der Waals surface area contributed by atoms with Gasteiger partial charge in [0.1, 0.15) is 11.6 Å². The molecule has 1 fully saturated rings. The van der Waals surface area contributed by atoms with Crippen molar-refractivity contribution in [1.29, 1.82) is 0 Å². The summed E-state index contributed by atoms with van der Waals surface area (Å²) in [5, 5.41) is 3.37. The summed E-state index contributed by atoms with van der Waals surface area (Å²) in [7, 11) is 0. The van der Waals surface area contributed by atoms with Gasteiger partial charge < -0.3 is 15.8 Å². The summed E-state index contributed by atoms with van der Waals surface area (Å²) in [6.45, 7) is 12.6. The quantitative estimate of drug-likeness (QED) is 0.579. The van der Waals surface area contributed by atoms with Crippen LogP contribution in [0.2, 0.25) is 0 Å². The first-order valence-electron chi connectivity index (χ1n) is 10.1. The highest BCUT2D eigenvalue weighted by Gasteiger charge is 2.50. The first kappa shape index (κ1) is 20.0. The van der Waals surface area contributed by atoms with Crippen molar-refractivity contribution in [2.24, 2.45) is 11.1 Å². The van der Waals surface area contributed by atoms with Crippen LogP contribution in [-0.4, -0.2) is 6.61 Å². The molecule has 3 nitrogen and oxygen atoms in total. The average Bonchev–Trinajstić information content (AvgIpc) is 3.46. The van der Waals surface area contributed by atoms with Crippen molar-refractivity contribution in [2.75, 3.05) is 11.9 Å². The summed E-state index contributed by atoms with van der Waals surface area (Å²) in [4.78, 5) is 0. The van der Waals surface area contributed by atoms with Crippen LogP contribution in [0.5, 0.6) is 5.75 Å². The number of halogens is 1. The lowest BCUT2D eigenvalue weighted by Gasteiger charge is -2.28. The molecule has 2 aliphatic rings. The van der Waals surface area contributed by atoms with Crippen molar-refractivity contribution in [3.05, 3.63) is 95.6 Å². The van der Waals surface area contributed by atoms with Gasteiger partial charge in [-0.3, -0.25) is 0 Å². The number of hydrogen-bond donors (Lipinski definition) is 2. The molecule has 0 amide bonds. The second-order valence-electron chi connectivity index (χ2n) is 8.33. The number of benzene rings is 2. The normalized spacial score (nSPS) is 18.3. The number of nitrogens with one attached hydrogen (secondary N) is 1. The Hall–Kier alpha value is -3.27. The Labute approximate surface area is 177 Å². The van der Waals surface area contributed by atoms with E-state index in [0.717, 1.165) is 52.2 Å². The minimum absolute atomic E-state index is 0.0269. The van der Waals surface area contributed by atoms with Gasteiger partial charge in [0.05, 0.1) is 6.61 Å². The van der Waals surface area contributed by atoms with Gasteiger partial charge in [-0.05, 0) is 73.7 Å². The lowest BCUT2D eigenvalue weighted by Crippen LogP contribution is -2.21. The molecule has 0 bridgehead atoms. The Balaban J connectivity index is 1.57. The van der Waals surface area contributed by atoms with Crippen LogP contribution < -0.4 is 15.8 Å². The molecule has 2 aromatic rings. The number of nitrogens with two attached hydrogens (primary N) is 1. The molecule has 0 radical (unpaired) electrons. The van der Waals surface area contributed by atoms with Gasteiger partial charge in [-0.15, -0.1) is 0 Å². The van der Waals surface area contributed by atoms with Gasteiger partial charge in [0.25, 0.3) is 0 Å². The van der Waals surface area contributed by atoms with Crippen LogP contribution in [0.4, 0.5) is 10.1 Å². The van der Waals surface area contributed by atoms with E-state index in [1.54, 1.807) is 6.07 Å². The van der Waals surface area contributed by atoms with Crippen LogP contribution in [0.1, 0.15) is 37.8 Å². The molecule has 4 heteroatoms. The van der Waals surface area contributed by atoms with E-state index in [0.29, 0.717) is 12.4 Å². The van der Waals surface area contributed by atoms with Crippen LogP contribution >= 0.6 is 0 Å². The second-order valence-corrected chi connectivity index (χ2v) is 8.33. The maximum Gasteiger partial charge on any atom is 0.129 e. The summed E-state index contributed by atoms with van der Waals surface area (Å²) in [6.07, 6.45) is 4.22. The summed E-state index contributed by atoms with van der Waals surface area (Å²) >= 11 is 0. The Kier molecular flexibility index (Phi) is 5.02. The average molecular weight is 403 g/mol. The molecule has 0 saturated heterocycles. The van der Waals surface area contributed by atoms with Crippen LogP contribution in [-0.2, 0) is 0 Å². The molecule has 1 aliphatic carbocycles. The zero-order valence-electron chi connectivity index (χ0n) is 17.5. The molecular weight excluding hydrogens is 375 g/mol. The van der Waals surface area contributed by atoms with Gasteiger partial charge in [-0.25, -0.2) is 4.39 Å². The van der Waals surface area contributed by atoms with E-state index in [1.807, 2.05) is 38.1 Å². The van der Waals surface area contributed by atoms with Gasteiger partial charge >= 0.3 is 0 Å².